The number of carboxylic acids is 1. The zero-order valence-electron chi connectivity index (χ0n) is 10.7. The second-order valence-electron chi connectivity index (χ2n) is 4.01. The molecule has 2 aromatic rings. The minimum absolute atomic E-state index is 0.0765. The van der Waals surface area contributed by atoms with Gasteiger partial charge in [-0.05, 0) is 37.3 Å². The first-order valence-corrected chi connectivity index (χ1v) is 6.61. The number of thiophene rings is 1. The first-order chi connectivity index (χ1) is 9.54. The number of carbonyl (C=O) groups excluding carboxylic acids is 1. The molecule has 2 rings (SSSR count). The van der Waals surface area contributed by atoms with Crippen LogP contribution >= 0.6 is 11.3 Å². The van der Waals surface area contributed by atoms with Gasteiger partial charge in [-0.25, -0.2) is 9.78 Å². The Morgan fingerprint density at radius 2 is 2.10 bits per heavy atom. The van der Waals surface area contributed by atoms with E-state index in [1.54, 1.807) is 17.4 Å². The Hall–Kier alpha value is -2.47. The van der Waals surface area contributed by atoms with Gasteiger partial charge < -0.3 is 10.4 Å². The normalized spacial score (nSPS) is 10.7. The number of nitrogens with one attached hydrogen (secondary N) is 1. The summed E-state index contributed by atoms with van der Waals surface area (Å²) < 4.78 is 0. The van der Waals surface area contributed by atoms with Crippen molar-refractivity contribution in [1.82, 2.24) is 4.98 Å². The quantitative estimate of drug-likeness (QED) is 0.848. The predicted molar refractivity (Wildman–Crippen MR) is 77.9 cm³/mol. The Balaban J connectivity index is 1.97. The van der Waals surface area contributed by atoms with Crippen LogP contribution in [0.1, 0.15) is 20.1 Å². The molecule has 0 spiro atoms. The summed E-state index contributed by atoms with van der Waals surface area (Å²) in [5, 5.41) is 11.3. The third kappa shape index (κ3) is 3.76. The molecule has 20 heavy (non-hydrogen) atoms. The topological polar surface area (TPSA) is 79.3 Å². The lowest BCUT2D eigenvalue weighted by Crippen LogP contribution is -2.09. The zero-order valence-corrected chi connectivity index (χ0v) is 11.5. The van der Waals surface area contributed by atoms with Crippen molar-refractivity contribution in [1.29, 1.82) is 0 Å². The van der Waals surface area contributed by atoms with E-state index < -0.39 is 5.97 Å². The highest BCUT2D eigenvalue weighted by Gasteiger charge is 2.04. The summed E-state index contributed by atoms with van der Waals surface area (Å²) in [6.45, 7) is 2.00. The van der Waals surface area contributed by atoms with E-state index in [-0.39, 0.29) is 11.5 Å². The van der Waals surface area contributed by atoms with Crippen LogP contribution in [0.2, 0.25) is 0 Å². The number of aryl methyl sites for hydroxylation is 1. The Labute approximate surface area is 119 Å². The largest absolute Gasteiger partial charge is 0.478 e. The predicted octanol–water partition coefficient (Wildman–Crippen LogP) is 2.80. The molecule has 0 bridgehead atoms. The molecular formula is C14H12N2O3S. The summed E-state index contributed by atoms with van der Waals surface area (Å²) in [5.74, 6) is -1.05. The van der Waals surface area contributed by atoms with Gasteiger partial charge in [-0.15, -0.1) is 11.3 Å². The molecule has 1 amide bonds. The summed E-state index contributed by atoms with van der Waals surface area (Å²) in [6.07, 6.45) is 4.33. The zero-order chi connectivity index (χ0) is 14.5. The van der Waals surface area contributed by atoms with Crippen LogP contribution in [0.25, 0.3) is 6.08 Å². The summed E-state index contributed by atoms with van der Waals surface area (Å²) >= 11 is 1.59. The van der Waals surface area contributed by atoms with Gasteiger partial charge in [-0.3, -0.25) is 4.79 Å². The fourth-order valence-electron chi connectivity index (χ4n) is 1.46. The van der Waals surface area contributed by atoms with Crippen LogP contribution < -0.4 is 5.32 Å². The fourth-order valence-corrected chi connectivity index (χ4v) is 2.24. The lowest BCUT2D eigenvalue weighted by atomic mass is 10.3. The van der Waals surface area contributed by atoms with E-state index in [2.05, 4.69) is 10.3 Å². The minimum Gasteiger partial charge on any atom is -0.478 e. The monoisotopic (exact) mass is 288 g/mol. The first kappa shape index (κ1) is 14.0. The molecule has 0 aliphatic carbocycles. The number of amides is 1. The van der Waals surface area contributed by atoms with Gasteiger partial charge in [0, 0.05) is 22.0 Å². The van der Waals surface area contributed by atoms with Gasteiger partial charge in [0.1, 0.15) is 5.82 Å². The van der Waals surface area contributed by atoms with Crippen LogP contribution in [0.15, 0.2) is 36.5 Å². The van der Waals surface area contributed by atoms with E-state index in [0.717, 1.165) is 4.88 Å². The van der Waals surface area contributed by atoms with Crippen LogP contribution in [0.4, 0.5) is 5.82 Å². The lowest BCUT2D eigenvalue weighted by molar-refractivity contribution is -0.111. The molecule has 2 N–H and O–H groups in total. The van der Waals surface area contributed by atoms with Crippen molar-refractivity contribution in [3.8, 4) is 0 Å². The minimum atomic E-state index is -1.05. The van der Waals surface area contributed by atoms with Crippen molar-refractivity contribution in [3.05, 3.63) is 51.9 Å². The Kier molecular flexibility index (Phi) is 4.27. The molecule has 5 nitrogen and oxygen atoms in total. The van der Waals surface area contributed by atoms with Crippen LogP contribution in [0, 0.1) is 6.92 Å². The van der Waals surface area contributed by atoms with Crippen LogP contribution in [0.3, 0.4) is 0 Å². The van der Waals surface area contributed by atoms with Crippen LogP contribution in [-0.4, -0.2) is 22.0 Å². The van der Waals surface area contributed by atoms with Crippen molar-refractivity contribution in [2.45, 2.75) is 6.92 Å². The van der Waals surface area contributed by atoms with E-state index >= 15 is 0 Å². The molecule has 0 atom stereocenters. The standard InChI is InChI=1S/C14H12N2O3S/c1-9-2-4-11(20-9)5-7-13(17)16-12-6-3-10(8-15-12)14(18)19/h2-8H,1H3,(H,18,19)(H,15,16,17). The summed E-state index contributed by atoms with van der Waals surface area (Å²) in [4.78, 5) is 28.3. The maximum absolute atomic E-state index is 11.7. The van der Waals surface area contributed by atoms with Crippen molar-refractivity contribution in [3.63, 3.8) is 0 Å². The molecule has 0 unspecified atom stereocenters. The number of carboxylic acid groups (broad SMARTS) is 1. The van der Waals surface area contributed by atoms with Gasteiger partial charge in [-0.1, -0.05) is 0 Å². The van der Waals surface area contributed by atoms with Crippen molar-refractivity contribution < 1.29 is 14.7 Å². The highest BCUT2D eigenvalue weighted by molar-refractivity contribution is 7.12. The second kappa shape index (κ2) is 6.12. The fraction of sp³-hybridized carbons (Fsp3) is 0.0714. The third-order valence-corrected chi connectivity index (χ3v) is 3.39. The molecule has 0 aromatic carbocycles. The number of rotatable bonds is 4. The molecule has 0 aliphatic rings. The molecule has 6 heteroatoms. The Morgan fingerprint density at radius 3 is 2.65 bits per heavy atom. The number of hydrogen-bond acceptors (Lipinski definition) is 4. The van der Waals surface area contributed by atoms with Crippen molar-refractivity contribution >= 4 is 35.1 Å². The third-order valence-electron chi connectivity index (χ3n) is 2.42. The maximum atomic E-state index is 11.7. The summed E-state index contributed by atoms with van der Waals surface area (Å²) in [7, 11) is 0. The molecular weight excluding hydrogens is 276 g/mol. The molecule has 0 fully saturated rings. The average Bonchev–Trinajstić information content (AvgIpc) is 2.83. The molecule has 102 valence electrons. The van der Waals surface area contributed by atoms with E-state index in [1.165, 1.54) is 29.3 Å². The van der Waals surface area contributed by atoms with E-state index in [4.69, 9.17) is 5.11 Å². The number of hydrogen-bond donors (Lipinski definition) is 2. The first-order valence-electron chi connectivity index (χ1n) is 5.79. The van der Waals surface area contributed by atoms with Gasteiger partial charge in [-0.2, -0.15) is 0 Å². The van der Waals surface area contributed by atoms with Gasteiger partial charge >= 0.3 is 5.97 Å². The smallest absolute Gasteiger partial charge is 0.337 e. The van der Waals surface area contributed by atoms with Gasteiger partial charge in [0.25, 0.3) is 0 Å². The van der Waals surface area contributed by atoms with Crippen molar-refractivity contribution in [2.24, 2.45) is 0 Å². The molecule has 2 heterocycles. The highest BCUT2D eigenvalue weighted by Crippen LogP contribution is 2.16. The van der Waals surface area contributed by atoms with Crippen LogP contribution in [-0.2, 0) is 4.79 Å². The van der Waals surface area contributed by atoms with Crippen LogP contribution in [0.5, 0.6) is 0 Å². The lowest BCUT2D eigenvalue weighted by Gasteiger charge is -2.01. The number of nitrogens with zero attached hydrogens (tertiary/aromatic N) is 1. The Morgan fingerprint density at radius 1 is 1.30 bits per heavy atom. The summed E-state index contributed by atoms with van der Waals surface area (Å²) in [6, 6.07) is 6.75. The molecule has 2 aromatic heterocycles. The number of aromatic nitrogens is 1. The average molecular weight is 288 g/mol. The molecule has 0 saturated carbocycles. The number of anilines is 1. The second-order valence-corrected chi connectivity index (χ2v) is 5.33. The van der Waals surface area contributed by atoms with Gasteiger partial charge in [0.05, 0.1) is 5.56 Å². The number of pyridine rings is 1. The van der Waals surface area contributed by atoms with E-state index in [9.17, 15) is 9.59 Å². The summed E-state index contributed by atoms with van der Waals surface area (Å²) in [5.41, 5.74) is 0.0765. The molecule has 0 aliphatic heterocycles. The number of aromatic carboxylic acids is 1. The molecule has 0 saturated heterocycles. The van der Waals surface area contributed by atoms with E-state index in [1.807, 2.05) is 19.1 Å². The number of carbonyl (C=O) groups is 2. The van der Waals surface area contributed by atoms with E-state index in [0.29, 0.717) is 5.82 Å². The molecule has 0 radical (unpaired) electrons. The van der Waals surface area contributed by atoms with Crippen molar-refractivity contribution in [2.75, 3.05) is 5.32 Å². The maximum Gasteiger partial charge on any atom is 0.337 e. The highest BCUT2D eigenvalue weighted by atomic mass is 32.1. The van der Waals surface area contributed by atoms with Gasteiger partial charge in [0.2, 0.25) is 5.91 Å². The Bertz CT molecular complexity index is 659. The SMILES string of the molecule is Cc1ccc(C=CC(=O)Nc2ccc(C(=O)O)cn2)s1. The van der Waals surface area contributed by atoms with Gasteiger partial charge in [0.15, 0.2) is 0 Å².